The first-order valence-electron chi connectivity index (χ1n) is 7.92. The van der Waals surface area contributed by atoms with Crippen molar-refractivity contribution in [3.8, 4) is 11.8 Å². The first kappa shape index (κ1) is 18.7. The predicted molar refractivity (Wildman–Crippen MR) is 96.2 cm³/mol. The highest BCUT2D eigenvalue weighted by Gasteiger charge is 2.13. The molecule has 1 atom stereocenters. The van der Waals surface area contributed by atoms with Crippen molar-refractivity contribution in [2.45, 2.75) is 13.0 Å². The Morgan fingerprint density at radius 1 is 1.19 bits per heavy atom. The smallest absolute Gasteiger partial charge is 0.341 e. The molecular weight excluding hydrogens is 332 g/mol. The number of hydrogen-bond acceptors (Lipinski definition) is 4. The molecule has 132 valence electrons. The summed E-state index contributed by atoms with van der Waals surface area (Å²) in [5.74, 6) is -1.13. The molecule has 0 aliphatic carbocycles. The molecule has 0 aliphatic heterocycles. The Morgan fingerprint density at radius 3 is 2.42 bits per heavy atom. The first-order chi connectivity index (χ1) is 12.5. The summed E-state index contributed by atoms with van der Waals surface area (Å²) in [6.07, 6.45) is 1.47. The van der Waals surface area contributed by atoms with Gasteiger partial charge in [0, 0.05) is 0 Å². The van der Waals surface area contributed by atoms with Gasteiger partial charge in [-0.2, -0.15) is 5.26 Å². The summed E-state index contributed by atoms with van der Waals surface area (Å²) >= 11 is 0. The molecule has 2 N–H and O–H groups in total. The lowest BCUT2D eigenvalue weighted by atomic mass is 10.1. The molecule has 0 saturated heterocycles. The van der Waals surface area contributed by atoms with E-state index in [2.05, 4.69) is 5.32 Å². The molecule has 2 aromatic carbocycles. The van der Waals surface area contributed by atoms with Gasteiger partial charge >= 0.3 is 5.97 Å². The minimum Gasteiger partial charge on any atom is -0.482 e. The van der Waals surface area contributed by atoms with E-state index in [4.69, 9.17) is 9.84 Å². The Labute approximate surface area is 151 Å². The molecule has 0 spiro atoms. The second kappa shape index (κ2) is 9.04. The Kier molecular flexibility index (Phi) is 6.52. The third kappa shape index (κ3) is 5.49. The van der Waals surface area contributed by atoms with E-state index in [1.165, 1.54) is 6.08 Å². The molecule has 0 aliphatic rings. The molecule has 1 amide bonds. The van der Waals surface area contributed by atoms with Gasteiger partial charge in [0.2, 0.25) is 0 Å². The van der Waals surface area contributed by atoms with Crippen LogP contribution in [0, 0.1) is 11.3 Å². The van der Waals surface area contributed by atoms with Crippen LogP contribution in [0.5, 0.6) is 5.75 Å². The van der Waals surface area contributed by atoms with Crippen molar-refractivity contribution < 1.29 is 19.4 Å². The van der Waals surface area contributed by atoms with Gasteiger partial charge in [0.05, 0.1) is 6.04 Å². The highest BCUT2D eigenvalue weighted by Crippen LogP contribution is 2.16. The number of hydrogen-bond donors (Lipinski definition) is 2. The molecule has 0 aromatic heterocycles. The lowest BCUT2D eigenvalue weighted by Crippen LogP contribution is -2.27. The average Bonchev–Trinajstić information content (AvgIpc) is 2.65. The van der Waals surface area contributed by atoms with Crippen molar-refractivity contribution in [2.75, 3.05) is 6.61 Å². The van der Waals surface area contributed by atoms with Crippen molar-refractivity contribution in [2.24, 2.45) is 0 Å². The van der Waals surface area contributed by atoms with Crippen LogP contribution >= 0.6 is 0 Å². The van der Waals surface area contributed by atoms with E-state index >= 15 is 0 Å². The third-order valence-electron chi connectivity index (χ3n) is 3.57. The zero-order valence-corrected chi connectivity index (χ0v) is 14.2. The Morgan fingerprint density at radius 2 is 1.85 bits per heavy atom. The lowest BCUT2D eigenvalue weighted by Gasteiger charge is -2.13. The maximum absolute atomic E-state index is 12.3. The van der Waals surface area contributed by atoms with Crippen LogP contribution < -0.4 is 10.1 Å². The average molecular weight is 350 g/mol. The largest absolute Gasteiger partial charge is 0.482 e. The van der Waals surface area contributed by atoms with Crippen LogP contribution in [0.2, 0.25) is 0 Å². The van der Waals surface area contributed by atoms with E-state index in [1.807, 2.05) is 43.3 Å². The number of carboxylic acids is 1. The maximum Gasteiger partial charge on any atom is 0.341 e. The molecule has 6 heteroatoms. The maximum atomic E-state index is 12.3. The quantitative estimate of drug-likeness (QED) is 0.591. The fraction of sp³-hybridized carbons (Fsp3) is 0.150. The summed E-state index contributed by atoms with van der Waals surface area (Å²) in [6.45, 7) is 1.41. The van der Waals surface area contributed by atoms with Gasteiger partial charge in [-0.15, -0.1) is 0 Å². The number of ether oxygens (including phenoxy) is 1. The van der Waals surface area contributed by atoms with Gasteiger partial charge < -0.3 is 15.2 Å². The third-order valence-corrected chi connectivity index (χ3v) is 3.57. The van der Waals surface area contributed by atoms with E-state index in [1.54, 1.807) is 24.3 Å². The van der Waals surface area contributed by atoms with Crippen LogP contribution in [0.15, 0.2) is 60.2 Å². The Hall–Kier alpha value is -3.59. The molecule has 2 aromatic rings. The van der Waals surface area contributed by atoms with Crippen LogP contribution in [0.25, 0.3) is 6.08 Å². The minimum absolute atomic E-state index is 0.0213. The molecule has 0 heterocycles. The van der Waals surface area contributed by atoms with Crippen LogP contribution in [0.3, 0.4) is 0 Å². The molecule has 2 rings (SSSR count). The molecule has 0 saturated carbocycles. The van der Waals surface area contributed by atoms with E-state index in [0.717, 1.165) is 5.56 Å². The van der Waals surface area contributed by atoms with Gasteiger partial charge in [-0.25, -0.2) is 4.79 Å². The Balaban J connectivity index is 2.05. The fourth-order valence-electron chi connectivity index (χ4n) is 2.22. The SMILES string of the molecule is CC(NC(=O)/C(C#N)=C/c1ccc(OCC(=O)O)cc1)c1ccccc1. The number of amides is 1. The van der Waals surface area contributed by atoms with E-state index in [9.17, 15) is 14.9 Å². The normalized spacial score (nSPS) is 11.9. The number of rotatable bonds is 7. The van der Waals surface area contributed by atoms with Crippen molar-refractivity contribution in [3.05, 3.63) is 71.3 Å². The van der Waals surface area contributed by atoms with Crippen molar-refractivity contribution in [1.82, 2.24) is 5.32 Å². The molecule has 0 radical (unpaired) electrons. The van der Waals surface area contributed by atoms with Crippen LogP contribution in [-0.2, 0) is 9.59 Å². The van der Waals surface area contributed by atoms with Gasteiger partial charge in [0.15, 0.2) is 6.61 Å². The molecule has 6 nitrogen and oxygen atoms in total. The molecule has 0 fully saturated rings. The lowest BCUT2D eigenvalue weighted by molar-refractivity contribution is -0.139. The zero-order valence-electron chi connectivity index (χ0n) is 14.2. The number of nitriles is 1. The summed E-state index contributed by atoms with van der Waals surface area (Å²) in [5, 5.41) is 20.6. The van der Waals surface area contributed by atoms with Crippen LogP contribution in [0.4, 0.5) is 0 Å². The first-order valence-corrected chi connectivity index (χ1v) is 7.92. The number of nitrogens with zero attached hydrogens (tertiary/aromatic N) is 1. The number of nitrogens with one attached hydrogen (secondary N) is 1. The van der Waals surface area contributed by atoms with E-state index in [-0.39, 0.29) is 11.6 Å². The fourth-order valence-corrected chi connectivity index (χ4v) is 2.22. The molecule has 26 heavy (non-hydrogen) atoms. The second-order valence-corrected chi connectivity index (χ2v) is 5.53. The monoisotopic (exact) mass is 350 g/mol. The van der Waals surface area contributed by atoms with Crippen molar-refractivity contribution in [1.29, 1.82) is 5.26 Å². The van der Waals surface area contributed by atoms with E-state index < -0.39 is 18.5 Å². The summed E-state index contributed by atoms with van der Waals surface area (Å²) in [7, 11) is 0. The zero-order chi connectivity index (χ0) is 18.9. The molecule has 0 bridgehead atoms. The van der Waals surface area contributed by atoms with Gasteiger partial charge in [0.25, 0.3) is 5.91 Å². The topological polar surface area (TPSA) is 99.4 Å². The number of aliphatic carboxylic acids is 1. The number of carbonyl (C=O) groups is 2. The summed E-state index contributed by atoms with van der Waals surface area (Å²) in [5.41, 5.74) is 1.55. The number of carboxylic acid groups (broad SMARTS) is 1. The summed E-state index contributed by atoms with van der Waals surface area (Å²) in [6, 6.07) is 17.6. The standard InChI is InChI=1S/C20H18N2O4/c1-14(16-5-3-2-4-6-16)22-20(25)17(12-21)11-15-7-9-18(10-8-15)26-13-19(23)24/h2-11,14H,13H2,1H3,(H,22,25)(H,23,24)/b17-11+. The van der Waals surface area contributed by atoms with Gasteiger partial charge in [-0.1, -0.05) is 42.5 Å². The van der Waals surface area contributed by atoms with Crippen LogP contribution in [0.1, 0.15) is 24.1 Å². The Bertz CT molecular complexity index is 836. The second-order valence-electron chi connectivity index (χ2n) is 5.53. The summed E-state index contributed by atoms with van der Waals surface area (Å²) in [4.78, 5) is 22.8. The number of carbonyl (C=O) groups excluding carboxylic acids is 1. The summed E-state index contributed by atoms with van der Waals surface area (Å²) < 4.78 is 5.04. The molecule has 1 unspecified atom stereocenters. The van der Waals surface area contributed by atoms with Crippen LogP contribution in [-0.4, -0.2) is 23.6 Å². The highest BCUT2D eigenvalue weighted by atomic mass is 16.5. The van der Waals surface area contributed by atoms with Gasteiger partial charge in [-0.05, 0) is 36.3 Å². The van der Waals surface area contributed by atoms with Gasteiger partial charge in [-0.3, -0.25) is 4.79 Å². The van der Waals surface area contributed by atoms with Crippen molar-refractivity contribution in [3.63, 3.8) is 0 Å². The predicted octanol–water partition coefficient (Wildman–Crippen LogP) is 2.93. The van der Waals surface area contributed by atoms with Gasteiger partial charge in [0.1, 0.15) is 17.4 Å². The minimum atomic E-state index is -1.06. The van der Waals surface area contributed by atoms with E-state index in [0.29, 0.717) is 11.3 Å². The number of benzene rings is 2. The highest BCUT2D eigenvalue weighted by molar-refractivity contribution is 6.01. The van der Waals surface area contributed by atoms with Crippen molar-refractivity contribution >= 4 is 18.0 Å². The molecular formula is C20H18N2O4.